The van der Waals surface area contributed by atoms with E-state index in [1.54, 1.807) is 0 Å². The lowest BCUT2D eigenvalue weighted by molar-refractivity contribution is 0.866. The van der Waals surface area contributed by atoms with Gasteiger partial charge in [0.2, 0.25) is 0 Å². The first kappa shape index (κ1) is 24.6. The van der Waals surface area contributed by atoms with Gasteiger partial charge < -0.3 is 9.80 Å². The van der Waals surface area contributed by atoms with Gasteiger partial charge in [0.15, 0.2) is 0 Å². The summed E-state index contributed by atoms with van der Waals surface area (Å²) in [5, 5.41) is 20.7. The van der Waals surface area contributed by atoms with E-state index in [2.05, 4.69) is 67.3 Å². The van der Waals surface area contributed by atoms with Crippen LogP contribution in [0.4, 0.5) is 11.4 Å². The Morgan fingerprint density at radius 1 is 0.611 bits per heavy atom. The zero-order valence-electron chi connectivity index (χ0n) is 21.3. The highest BCUT2D eigenvalue weighted by Gasteiger charge is 2.21. The van der Waals surface area contributed by atoms with Crippen LogP contribution >= 0.6 is 0 Å². The van der Waals surface area contributed by atoms with E-state index in [4.69, 9.17) is 0 Å². The number of benzene rings is 4. The number of nitriles is 2. The van der Waals surface area contributed by atoms with E-state index in [9.17, 15) is 10.5 Å². The SMILES string of the molecule is CCN(CC)c1ccc(-c2cc(-c3ccc(N(C)C)cc3)c(C#N)c(-c3ccccc3)c2C#N)cc1. The Morgan fingerprint density at radius 3 is 1.50 bits per heavy atom. The second-order valence-corrected chi connectivity index (χ2v) is 8.85. The van der Waals surface area contributed by atoms with E-state index in [-0.39, 0.29) is 0 Å². The maximum atomic E-state index is 10.3. The second kappa shape index (κ2) is 10.8. The summed E-state index contributed by atoms with van der Waals surface area (Å²) in [4.78, 5) is 4.34. The zero-order chi connectivity index (χ0) is 25.7. The van der Waals surface area contributed by atoms with Gasteiger partial charge in [0, 0.05) is 55.2 Å². The number of hydrogen-bond donors (Lipinski definition) is 0. The predicted octanol–water partition coefficient (Wildman–Crippen LogP) is 7.34. The highest BCUT2D eigenvalue weighted by atomic mass is 15.1. The molecule has 36 heavy (non-hydrogen) atoms. The summed E-state index contributed by atoms with van der Waals surface area (Å²) in [7, 11) is 4.01. The Hall–Kier alpha value is -4.54. The molecule has 4 nitrogen and oxygen atoms in total. The maximum Gasteiger partial charge on any atom is 0.100 e. The molecular formula is C32H30N4. The van der Waals surface area contributed by atoms with Crippen molar-refractivity contribution in [1.29, 1.82) is 10.5 Å². The molecule has 0 aromatic heterocycles. The lowest BCUT2D eigenvalue weighted by Crippen LogP contribution is -2.21. The van der Waals surface area contributed by atoms with Crippen LogP contribution in [0, 0.1) is 22.7 Å². The van der Waals surface area contributed by atoms with Gasteiger partial charge in [-0.05, 0) is 60.9 Å². The summed E-state index contributed by atoms with van der Waals surface area (Å²) in [5.74, 6) is 0. The quantitative estimate of drug-likeness (QED) is 0.283. The normalized spacial score (nSPS) is 10.4. The molecule has 4 rings (SSSR count). The summed E-state index contributed by atoms with van der Waals surface area (Å²) in [5.41, 5.74) is 8.35. The highest BCUT2D eigenvalue weighted by molar-refractivity contribution is 5.93. The van der Waals surface area contributed by atoms with Crippen LogP contribution in [0.1, 0.15) is 25.0 Å². The molecule has 178 valence electrons. The molecule has 0 aliphatic carbocycles. The van der Waals surface area contributed by atoms with E-state index >= 15 is 0 Å². The van der Waals surface area contributed by atoms with Crippen LogP contribution in [0.3, 0.4) is 0 Å². The summed E-state index contributed by atoms with van der Waals surface area (Å²) in [6, 6.07) is 33.1. The fraction of sp³-hybridized carbons (Fsp3) is 0.188. The van der Waals surface area contributed by atoms with Crippen molar-refractivity contribution >= 4 is 11.4 Å². The van der Waals surface area contributed by atoms with Crippen molar-refractivity contribution in [2.24, 2.45) is 0 Å². The largest absolute Gasteiger partial charge is 0.378 e. The van der Waals surface area contributed by atoms with Crippen molar-refractivity contribution in [2.45, 2.75) is 13.8 Å². The molecule has 0 unspecified atom stereocenters. The van der Waals surface area contributed by atoms with Crippen LogP contribution in [0.25, 0.3) is 33.4 Å². The average molecular weight is 471 g/mol. The minimum Gasteiger partial charge on any atom is -0.378 e. The van der Waals surface area contributed by atoms with Crippen molar-refractivity contribution in [1.82, 2.24) is 0 Å². The lowest BCUT2D eigenvalue weighted by Gasteiger charge is -2.22. The molecule has 0 aliphatic heterocycles. The lowest BCUT2D eigenvalue weighted by atomic mass is 9.84. The van der Waals surface area contributed by atoms with Crippen LogP contribution in [0.5, 0.6) is 0 Å². The van der Waals surface area contributed by atoms with Gasteiger partial charge >= 0.3 is 0 Å². The first-order valence-electron chi connectivity index (χ1n) is 12.2. The summed E-state index contributed by atoms with van der Waals surface area (Å²) in [6.45, 7) is 6.15. The minimum atomic E-state index is 0.513. The molecule has 0 heterocycles. The van der Waals surface area contributed by atoms with Crippen LogP contribution in [0.15, 0.2) is 84.9 Å². The number of nitrogens with zero attached hydrogens (tertiary/aromatic N) is 4. The second-order valence-electron chi connectivity index (χ2n) is 8.85. The third-order valence-electron chi connectivity index (χ3n) is 6.62. The van der Waals surface area contributed by atoms with Crippen molar-refractivity contribution in [3.8, 4) is 45.5 Å². The number of hydrogen-bond acceptors (Lipinski definition) is 4. The summed E-state index contributed by atoms with van der Waals surface area (Å²) in [6.07, 6.45) is 0. The first-order valence-corrected chi connectivity index (χ1v) is 12.2. The monoisotopic (exact) mass is 470 g/mol. The van der Waals surface area contributed by atoms with E-state index in [0.717, 1.165) is 52.3 Å². The molecule has 0 fully saturated rings. The number of rotatable bonds is 7. The fourth-order valence-electron chi connectivity index (χ4n) is 4.64. The maximum absolute atomic E-state index is 10.3. The Bertz CT molecular complexity index is 1420. The van der Waals surface area contributed by atoms with Gasteiger partial charge in [-0.3, -0.25) is 0 Å². The van der Waals surface area contributed by atoms with Crippen molar-refractivity contribution < 1.29 is 0 Å². The Kier molecular flexibility index (Phi) is 7.38. The van der Waals surface area contributed by atoms with E-state index in [1.165, 1.54) is 0 Å². The van der Waals surface area contributed by atoms with Gasteiger partial charge in [-0.1, -0.05) is 54.6 Å². The first-order chi connectivity index (χ1) is 17.5. The molecule has 0 N–H and O–H groups in total. The van der Waals surface area contributed by atoms with Gasteiger partial charge in [0.25, 0.3) is 0 Å². The molecule has 0 atom stereocenters. The number of anilines is 2. The van der Waals surface area contributed by atoms with Gasteiger partial charge in [-0.2, -0.15) is 10.5 Å². The van der Waals surface area contributed by atoms with Gasteiger partial charge in [-0.25, -0.2) is 0 Å². The van der Waals surface area contributed by atoms with Crippen molar-refractivity contribution in [2.75, 3.05) is 37.0 Å². The zero-order valence-corrected chi connectivity index (χ0v) is 21.3. The van der Waals surface area contributed by atoms with Gasteiger partial charge in [0.05, 0.1) is 11.1 Å². The van der Waals surface area contributed by atoms with Crippen LogP contribution in [-0.2, 0) is 0 Å². The molecule has 0 spiro atoms. The molecule has 4 aromatic rings. The smallest absolute Gasteiger partial charge is 0.100 e. The molecule has 0 amide bonds. The summed E-state index contributed by atoms with van der Waals surface area (Å²) < 4.78 is 0. The Labute approximate surface area is 214 Å². The molecule has 0 saturated carbocycles. The third kappa shape index (κ3) is 4.67. The Balaban J connectivity index is 2.00. The van der Waals surface area contributed by atoms with Crippen LogP contribution < -0.4 is 9.80 Å². The van der Waals surface area contributed by atoms with Crippen molar-refractivity contribution in [3.63, 3.8) is 0 Å². The molecule has 0 aliphatic rings. The van der Waals surface area contributed by atoms with Crippen LogP contribution in [0.2, 0.25) is 0 Å². The molecule has 4 aromatic carbocycles. The van der Waals surface area contributed by atoms with E-state index in [1.807, 2.05) is 67.5 Å². The predicted molar refractivity (Wildman–Crippen MR) is 150 cm³/mol. The topological polar surface area (TPSA) is 54.1 Å². The molecule has 0 radical (unpaired) electrons. The van der Waals surface area contributed by atoms with E-state index in [0.29, 0.717) is 16.7 Å². The molecule has 0 saturated heterocycles. The standard InChI is InChI=1S/C32H30N4/c1-5-36(6-2)27-18-14-24(15-19-27)29-20-28(23-12-16-26(17-13-23)35(3)4)30(21-33)32(31(29)22-34)25-10-8-7-9-11-25/h7-20H,5-6H2,1-4H3. The van der Waals surface area contributed by atoms with Gasteiger partial charge in [0.1, 0.15) is 12.1 Å². The van der Waals surface area contributed by atoms with Crippen molar-refractivity contribution in [3.05, 3.63) is 96.1 Å². The van der Waals surface area contributed by atoms with Crippen LogP contribution in [-0.4, -0.2) is 27.2 Å². The van der Waals surface area contributed by atoms with E-state index < -0.39 is 0 Å². The minimum absolute atomic E-state index is 0.513. The third-order valence-corrected chi connectivity index (χ3v) is 6.62. The molecule has 4 heteroatoms. The average Bonchev–Trinajstić information content (AvgIpc) is 2.93. The summed E-state index contributed by atoms with van der Waals surface area (Å²) >= 11 is 0. The fourth-order valence-corrected chi connectivity index (χ4v) is 4.64. The molecule has 0 bridgehead atoms. The Morgan fingerprint density at radius 2 is 1.08 bits per heavy atom. The molecular weight excluding hydrogens is 440 g/mol. The van der Waals surface area contributed by atoms with Gasteiger partial charge in [-0.15, -0.1) is 0 Å². The highest BCUT2D eigenvalue weighted by Crippen LogP contribution is 2.41.